The Bertz CT molecular complexity index is 906. The molecule has 3 heterocycles. The van der Waals surface area contributed by atoms with Gasteiger partial charge in [0.2, 0.25) is 0 Å². The van der Waals surface area contributed by atoms with Gasteiger partial charge in [-0.15, -0.1) is 24.0 Å². The Kier molecular flexibility index (Phi) is 9.41. The van der Waals surface area contributed by atoms with E-state index in [1.807, 2.05) is 29.1 Å². The number of guanidine groups is 1. The molecule has 1 atom stereocenters. The van der Waals surface area contributed by atoms with Crippen LogP contribution >= 0.6 is 24.0 Å². The third kappa shape index (κ3) is 7.39. The first-order chi connectivity index (χ1) is 14.9. The highest BCUT2D eigenvalue weighted by molar-refractivity contribution is 14.0. The minimum Gasteiger partial charge on any atom is -0.469 e. The predicted molar refractivity (Wildman–Crippen MR) is 132 cm³/mol. The number of furan rings is 1. The summed E-state index contributed by atoms with van der Waals surface area (Å²) in [6.45, 7) is 4.64. The lowest BCUT2D eigenvalue weighted by Gasteiger charge is -2.15. The topological polar surface area (TPSA) is 76.6 Å². The quantitative estimate of drug-likeness (QED) is 0.250. The summed E-state index contributed by atoms with van der Waals surface area (Å²) in [6.07, 6.45) is 7.40. The molecule has 1 unspecified atom stereocenters. The Morgan fingerprint density at radius 3 is 2.77 bits per heavy atom. The second kappa shape index (κ2) is 12.5. The molecule has 0 aliphatic carbocycles. The van der Waals surface area contributed by atoms with Gasteiger partial charge in [0.25, 0.3) is 0 Å². The highest BCUT2D eigenvalue weighted by atomic mass is 127. The summed E-state index contributed by atoms with van der Waals surface area (Å²) in [7, 11) is 0. The van der Waals surface area contributed by atoms with Crippen LogP contribution in [0.4, 0.5) is 0 Å². The van der Waals surface area contributed by atoms with E-state index in [0.717, 1.165) is 57.4 Å². The van der Waals surface area contributed by atoms with Gasteiger partial charge in [0.15, 0.2) is 5.96 Å². The van der Waals surface area contributed by atoms with Gasteiger partial charge in [-0.3, -0.25) is 4.68 Å². The molecule has 3 aromatic rings. The van der Waals surface area contributed by atoms with Crippen molar-refractivity contribution in [2.24, 2.45) is 10.9 Å². The molecule has 2 aromatic heterocycles. The molecule has 0 bridgehead atoms. The number of hydrogen-bond donors (Lipinski definition) is 2. The van der Waals surface area contributed by atoms with Gasteiger partial charge >= 0.3 is 0 Å². The highest BCUT2D eigenvalue weighted by Crippen LogP contribution is 2.13. The van der Waals surface area contributed by atoms with E-state index in [1.54, 1.807) is 12.5 Å². The zero-order valence-corrected chi connectivity index (χ0v) is 19.9. The van der Waals surface area contributed by atoms with Gasteiger partial charge in [0.05, 0.1) is 26.0 Å². The van der Waals surface area contributed by atoms with Crippen molar-refractivity contribution in [3.63, 3.8) is 0 Å². The van der Waals surface area contributed by atoms with Crippen LogP contribution in [0.1, 0.15) is 23.3 Å². The number of aliphatic imine (C=N–C) groups is 1. The molecular formula is C23H30IN5O2. The smallest absolute Gasteiger partial charge is 0.191 e. The van der Waals surface area contributed by atoms with Crippen LogP contribution in [-0.4, -0.2) is 42.0 Å². The maximum atomic E-state index is 5.49. The lowest BCUT2D eigenvalue weighted by Crippen LogP contribution is -2.41. The summed E-state index contributed by atoms with van der Waals surface area (Å²) >= 11 is 0. The molecule has 1 aromatic carbocycles. The molecule has 31 heavy (non-hydrogen) atoms. The van der Waals surface area contributed by atoms with Gasteiger partial charge in [-0.05, 0) is 35.7 Å². The van der Waals surface area contributed by atoms with Crippen molar-refractivity contribution in [3.05, 3.63) is 78.0 Å². The SMILES string of the molecule is I.c1coc(CCNC(=NCc2ccccc2Cn2cccn2)NCC2CCOC2)c1. The van der Waals surface area contributed by atoms with Gasteiger partial charge in [0.1, 0.15) is 5.76 Å². The lowest BCUT2D eigenvalue weighted by atomic mass is 10.1. The zero-order valence-electron chi connectivity index (χ0n) is 17.6. The van der Waals surface area contributed by atoms with E-state index < -0.39 is 0 Å². The summed E-state index contributed by atoms with van der Waals surface area (Å²) in [5, 5.41) is 11.2. The highest BCUT2D eigenvalue weighted by Gasteiger charge is 2.16. The number of benzene rings is 1. The van der Waals surface area contributed by atoms with Crippen molar-refractivity contribution in [2.45, 2.75) is 25.9 Å². The Morgan fingerprint density at radius 2 is 2.03 bits per heavy atom. The molecule has 7 nitrogen and oxygen atoms in total. The minimum atomic E-state index is 0. The average molecular weight is 535 g/mol. The summed E-state index contributed by atoms with van der Waals surface area (Å²) < 4.78 is 12.9. The average Bonchev–Trinajstić information content (AvgIpc) is 3.55. The summed E-state index contributed by atoms with van der Waals surface area (Å²) in [5.74, 6) is 2.33. The molecule has 1 saturated heterocycles. The Morgan fingerprint density at radius 1 is 1.13 bits per heavy atom. The van der Waals surface area contributed by atoms with E-state index in [9.17, 15) is 0 Å². The van der Waals surface area contributed by atoms with Gasteiger partial charge in [-0.2, -0.15) is 5.10 Å². The van der Waals surface area contributed by atoms with E-state index in [0.29, 0.717) is 12.5 Å². The number of ether oxygens (including phenoxy) is 1. The summed E-state index contributed by atoms with van der Waals surface area (Å²) in [4.78, 5) is 4.86. The minimum absolute atomic E-state index is 0. The summed E-state index contributed by atoms with van der Waals surface area (Å²) in [5.41, 5.74) is 2.42. The molecule has 2 N–H and O–H groups in total. The fraction of sp³-hybridized carbons (Fsp3) is 0.391. The Balaban J connectivity index is 0.00000272. The van der Waals surface area contributed by atoms with E-state index in [4.69, 9.17) is 14.1 Å². The van der Waals surface area contributed by atoms with Crippen molar-refractivity contribution in [2.75, 3.05) is 26.3 Å². The first kappa shape index (κ1) is 23.3. The van der Waals surface area contributed by atoms with Gasteiger partial charge in [-0.1, -0.05) is 24.3 Å². The first-order valence-electron chi connectivity index (χ1n) is 10.5. The number of halogens is 1. The molecular weight excluding hydrogens is 505 g/mol. The molecule has 0 amide bonds. The lowest BCUT2D eigenvalue weighted by molar-refractivity contribution is 0.186. The molecule has 0 radical (unpaired) electrons. The Labute approximate surface area is 200 Å². The van der Waals surface area contributed by atoms with Crippen molar-refractivity contribution >= 4 is 29.9 Å². The summed E-state index contributed by atoms with van der Waals surface area (Å²) in [6, 6.07) is 14.2. The van der Waals surface area contributed by atoms with E-state index in [1.165, 1.54) is 11.1 Å². The van der Waals surface area contributed by atoms with Crippen molar-refractivity contribution < 1.29 is 9.15 Å². The number of nitrogens with one attached hydrogen (secondary N) is 2. The molecule has 1 aliphatic rings. The van der Waals surface area contributed by atoms with Gasteiger partial charge in [-0.25, -0.2) is 4.99 Å². The predicted octanol–water partition coefficient (Wildman–Crippen LogP) is 3.46. The second-order valence-electron chi connectivity index (χ2n) is 7.50. The fourth-order valence-electron chi connectivity index (χ4n) is 3.52. The van der Waals surface area contributed by atoms with Crippen LogP contribution in [0, 0.1) is 5.92 Å². The van der Waals surface area contributed by atoms with Crippen LogP contribution in [0.2, 0.25) is 0 Å². The standard InChI is InChI=1S/C23H29N5O2.HI/c1-2-6-21(17-28-12-4-10-27-28)20(5-1)16-26-23(25-15-19-9-14-29-18-19)24-11-8-22-7-3-13-30-22;/h1-7,10,12-13,19H,8-9,11,14-18H2,(H2,24,25,26);1H. The third-order valence-electron chi connectivity index (χ3n) is 5.24. The second-order valence-corrected chi connectivity index (χ2v) is 7.50. The number of hydrogen-bond acceptors (Lipinski definition) is 4. The maximum Gasteiger partial charge on any atom is 0.191 e. The number of aromatic nitrogens is 2. The van der Waals surface area contributed by atoms with Gasteiger partial charge < -0.3 is 19.8 Å². The Hall–Kier alpha value is -2.33. The zero-order chi connectivity index (χ0) is 20.4. The van der Waals surface area contributed by atoms with Crippen molar-refractivity contribution in [3.8, 4) is 0 Å². The first-order valence-corrected chi connectivity index (χ1v) is 10.5. The van der Waals surface area contributed by atoms with Crippen LogP contribution in [0.25, 0.3) is 0 Å². The molecule has 1 aliphatic heterocycles. The third-order valence-corrected chi connectivity index (χ3v) is 5.24. The maximum absolute atomic E-state index is 5.49. The van der Waals surface area contributed by atoms with Gasteiger partial charge in [0, 0.05) is 44.4 Å². The van der Waals surface area contributed by atoms with E-state index >= 15 is 0 Å². The number of nitrogens with zero attached hydrogens (tertiary/aromatic N) is 3. The van der Waals surface area contributed by atoms with Crippen LogP contribution in [0.3, 0.4) is 0 Å². The normalized spacial score (nSPS) is 16.1. The number of rotatable bonds is 9. The molecule has 166 valence electrons. The van der Waals surface area contributed by atoms with Crippen LogP contribution < -0.4 is 10.6 Å². The van der Waals surface area contributed by atoms with E-state index in [-0.39, 0.29) is 24.0 Å². The molecule has 1 fully saturated rings. The molecule has 8 heteroatoms. The van der Waals surface area contributed by atoms with E-state index in [2.05, 4.69) is 40.0 Å². The molecule has 4 rings (SSSR count). The molecule has 0 saturated carbocycles. The van der Waals surface area contributed by atoms with Crippen LogP contribution in [-0.2, 0) is 24.2 Å². The van der Waals surface area contributed by atoms with Crippen molar-refractivity contribution in [1.29, 1.82) is 0 Å². The van der Waals surface area contributed by atoms with Crippen LogP contribution in [0.5, 0.6) is 0 Å². The monoisotopic (exact) mass is 535 g/mol. The van der Waals surface area contributed by atoms with Crippen molar-refractivity contribution in [1.82, 2.24) is 20.4 Å². The van der Waals surface area contributed by atoms with Crippen LogP contribution in [0.15, 0.2) is 70.5 Å². The fourth-order valence-corrected chi connectivity index (χ4v) is 3.52. The molecule has 0 spiro atoms. The largest absolute Gasteiger partial charge is 0.469 e.